The molecule has 0 aromatic rings. The molecule has 0 heterocycles. The Morgan fingerprint density at radius 2 is 1.18 bits per heavy atom. The van der Waals surface area contributed by atoms with Gasteiger partial charge in [-0.3, -0.25) is 14.4 Å². The van der Waals surface area contributed by atoms with E-state index in [2.05, 4.69) is 73.8 Å². The van der Waals surface area contributed by atoms with Crippen LogP contribution < -0.4 is 5.32 Å². The average molecular weight is 614 g/mol. The molecule has 0 rings (SSSR count). The van der Waals surface area contributed by atoms with E-state index in [1.165, 1.54) is 44.9 Å². The van der Waals surface area contributed by atoms with E-state index >= 15 is 0 Å². The number of hydrogen-bond donors (Lipinski definition) is 2. The van der Waals surface area contributed by atoms with Crippen LogP contribution in [0.5, 0.6) is 0 Å². The van der Waals surface area contributed by atoms with E-state index in [1.807, 2.05) is 6.08 Å². The Hall–Kier alpha value is -2.89. The molecule has 1 unspecified atom stereocenters. The molecule has 44 heavy (non-hydrogen) atoms. The summed E-state index contributed by atoms with van der Waals surface area (Å²) >= 11 is 0. The molecule has 1 amide bonds. The first-order chi connectivity index (χ1) is 21.5. The zero-order valence-electron chi connectivity index (χ0n) is 28.0. The molecule has 2 N–H and O–H groups in total. The molecular weight excluding hydrogens is 550 g/mol. The first kappa shape index (κ1) is 41.1. The van der Waals surface area contributed by atoms with Crippen molar-refractivity contribution in [1.82, 2.24) is 5.32 Å². The maximum Gasteiger partial charge on any atom is 0.322 e. The fourth-order valence-electron chi connectivity index (χ4n) is 4.59. The monoisotopic (exact) mass is 613 g/mol. The van der Waals surface area contributed by atoms with E-state index in [0.29, 0.717) is 25.7 Å². The lowest BCUT2D eigenvalue weighted by atomic mass is 10.1. The van der Waals surface area contributed by atoms with Gasteiger partial charge in [-0.25, -0.2) is 0 Å². The topological polar surface area (TPSA) is 92.7 Å². The third-order valence-electron chi connectivity index (χ3n) is 7.16. The lowest BCUT2D eigenvalue weighted by molar-refractivity contribution is -0.147. The van der Waals surface area contributed by atoms with Gasteiger partial charge in [-0.1, -0.05) is 113 Å². The number of aliphatic carboxylic acids is 1. The van der Waals surface area contributed by atoms with E-state index in [1.54, 1.807) is 0 Å². The van der Waals surface area contributed by atoms with E-state index in [-0.39, 0.29) is 24.5 Å². The predicted octanol–water partition coefficient (Wildman–Crippen LogP) is 10.1. The van der Waals surface area contributed by atoms with Crippen LogP contribution in [0, 0.1) is 0 Å². The summed E-state index contributed by atoms with van der Waals surface area (Å²) in [5, 5.41) is 11.1. The van der Waals surface area contributed by atoms with Crippen LogP contribution in [0.2, 0.25) is 0 Å². The Bertz CT molecular complexity index is 855. The first-order valence-corrected chi connectivity index (χ1v) is 17.4. The van der Waals surface area contributed by atoms with Crippen LogP contribution in [0.4, 0.5) is 0 Å². The van der Waals surface area contributed by atoms with Crippen LogP contribution in [0.3, 0.4) is 0 Å². The zero-order chi connectivity index (χ0) is 32.4. The molecule has 0 saturated carbocycles. The number of esters is 1. The summed E-state index contributed by atoms with van der Waals surface area (Å²) in [5.41, 5.74) is 0. The molecule has 0 bridgehead atoms. The molecule has 0 aliphatic carbocycles. The number of unbranched alkanes of at least 4 members (excludes halogenated alkanes) is 11. The average Bonchev–Trinajstić information content (AvgIpc) is 3.00. The largest absolute Gasteiger partial charge is 0.480 e. The Kier molecular flexibility index (Phi) is 30.8. The van der Waals surface area contributed by atoms with Crippen LogP contribution in [-0.4, -0.2) is 35.6 Å². The molecule has 0 aromatic heterocycles. The van der Waals surface area contributed by atoms with E-state index in [4.69, 9.17) is 9.84 Å². The van der Waals surface area contributed by atoms with Gasteiger partial charge < -0.3 is 15.2 Å². The minimum atomic E-state index is -1.04. The van der Waals surface area contributed by atoms with Crippen molar-refractivity contribution in [1.29, 1.82) is 0 Å². The normalized spacial score (nSPS) is 12.8. The molecule has 1 atom stereocenters. The van der Waals surface area contributed by atoms with E-state index < -0.39 is 5.97 Å². The van der Waals surface area contributed by atoms with Gasteiger partial charge in [-0.05, 0) is 83.1 Å². The molecule has 6 heteroatoms. The standard InChI is InChI=1S/C38H63NO5/c1-3-5-7-9-11-13-15-16-18-20-22-24-29-33-38(43)44-35(31-27-25-28-32-36(40)39-34-37(41)42)30-26-23-21-19-17-14-12-10-8-6-4-2/h6,8,12-15,19,21,26,30,35H,3-5,7,9-11,16-18,20,22-25,27-29,31-34H2,1-2H3,(H,39,40)(H,41,42)/b8-6-,14-12-,15-13-,21-19-,30-26-. The Morgan fingerprint density at radius 3 is 1.82 bits per heavy atom. The van der Waals surface area contributed by atoms with Crippen molar-refractivity contribution >= 4 is 17.8 Å². The highest BCUT2D eigenvalue weighted by Crippen LogP contribution is 2.14. The quantitative estimate of drug-likeness (QED) is 0.0478. The number of hydrogen-bond acceptors (Lipinski definition) is 4. The van der Waals surface area contributed by atoms with Crippen LogP contribution in [-0.2, 0) is 19.1 Å². The predicted molar refractivity (Wildman–Crippen MR) is 185 cm³/mol. The summed E-state index contributed by atoms with van der Waals surface area (Å²) in [7, 11) is 0. The molecule has 0 aliphatic rings. The highest BCUT2D eigenvalue weighted by atomic mass is 16.5. The van der Waals surface area contributed by atoms with Gasteiger partial charge in [0.15, 0.2) is 0 Å². The second-order valence-corrected chi connectivity index (χ2v) is 11.4. The van der Waals surface area contributed by atoms with Crippen molar-refractivity contribution in [3.05, 3.63) is 60.8 Å². The van der Waals surface area contributed by atoms with Gasteiger partial charge >= 0.3 is 11.9 Å². The Balaban J connectivity index is 4.37. The third kappa shape index (κ3) is 32.0. The molecule has 6 nitrogen and oxygen atoms in total. The summed E-state index contributed by atoms with van der Waals surface area (Å²) in [5.74, 6) is -1.43. The number of amides is 1. The van der Waals surface area contributed by atoms with Gasteiger partial charge in [0.2, 0.25) is 5.91 Å². The second kappa shape index (κ2) is 33.0. The van der Waals surface area contributed by atoms with Crippen LogP contribution in [0.25, 0.3) is 0 Å². The molecule has 0 aromatic carbocycles. The van der Waals surface area contributed by atoms with Crippen LogP contribution >= 0.6 is 0 Å². The van der Waals surface area contributed by atoms with E-state index in [9.17, 15) is 14.4 Å². The van der Waals surface area contributed by atoms with Crippen molar-refractivity contribution < 1.29 is 24.2 Å². The van der Waals surface area contributed by atoms with Gasteiger partial charge in [-0.15, -0.1) is 0 Å². The molecule has 250 valence electrons. The van der Waals surface area contributed by atoms with Crippen molar-refractivity contribution in [2.75, 3.05) is 6.54 Å². The molecule has 0 aliphatic heterocycles. The van der Waals surface area contributed by atoms with Crippen LogP contribution in [0.15, 0.2) is 60.8 Å². The first-order valence-electron chi connectivity index (χ1n) is 17.4. The summed E-state index contributed by atoms with van der Waals surface area (Å²) in [6.07, 6.45) is 42.0. The smallest absolute Gasteiger partial charge is 0.322 e. The lowest BCUT2D eigenvalue weighted by Crippen LogP contribution is -2.28. The number of nitrogens with one attached hydrogen (secondary N) is 1. The zero-order valence-corrected chi connectivity index (χ0v) is 28.0. The van der Waals surface area contributed by atoms with Gasteiger partial charge in [0.1, 0.15) is 12.6 Å². The fraction of sp³-hybridized carbons (Fsp3) is 0.658. The SMILES string of the molecule is CC/C=C\C/C=C\C/C=C\C/C=C\C(CCCCCC(=O)NCC(=O)O)OC(=O)CCCCCCC/C=C\CCCCCC. The molecular formula is C38H63NO5. The highest BCUT2D eigenvalue weighted by Gasteiger charge is 2.12. The summed E-state index contributed by atoms with van der Waals surface area (Å²) in [6.45, 7) is 4.03. The summed E-state index contributed by atoms with van der Waals surface area (Å²) < 4.78 is 5.82. The number of rotatable bonds is 30. The van der Waals surface area contributed by atoms with Gasteiger partial charge in [-0.2, -0.15) is 0 Å². The Labute approximate surface area is 269 Å². The number of carboxylic acid groups (broad SMARTS) is 1. The van der Waals surface area contributed by atoms with Crippen LogP contribution in [0.1, 0.15) is 149 Å². The highest BCUT2D eigenvalue weighted by molar-refractivity contribution is 5.80. The fourth-order valence-corrected chi connectivity index (χ4v) is 4.59. The number of ether oxygens (including phenoxy) is 1. The molecule has 0 spiro atoms. The number of carbonyl (C=O) groups is 3. The van der Waals surface area contributed by atoms with Gasteiger partial charge in [0, 0.05) is 12.8 Å². The lowest BCUT2D eigenvalue weighted by Gasteiger charge is -2.14. The van der Waals surface area contributed by atoms with Gasteiger partial charge in [0.05, 0.1) is 0 Å². The number of carboxylic acids is 1. The molecule has 0 saturated heterocycles. The minimum absolute atomic E-state index is 0.142. The van der Waals surface area contributed by atoms with Gasteiger partial charge in [0.25, 0.3) is 0 Å². The number of carbonyl (C=O) groups excluding carboxylic acids is 2. The third-order valence-corrected chi connectivity index (χ3v) is 7.16. The Morgan fingerprint density at radius 1 is 0.636 bits per heavy atom. The van der Waals surface area contributed by atoms with Crippen molar-refractivity contribution in [2.24, 2.45) is 0 Å². The molecule has 0 radical (unpaired) electrons. The van der Waals surface area contributed by atoms with Crippen molar-refractivity contribution in [3.8, 4) is 0 Å². The summed E-state index contributed by atoms with van der Waals surface area (Å²) in [6, 6.07) is 0. The van der Waals surface area contributed by atoms with Crippen molar-refractivity contribution in [2.45, 2.75) is 155 Å². The van der Waals surface area contributed by atoms with Crippen molar-refractivity contribution in [3.63, 3.8) is 0 Å². The minimum Gasteiger partial charge on any atom is -0.480 e. The second-order valence-electron chi connectivity index (χ2n) is 11.4. The number of allylic oxidation sites excluding steroid dienone is 9. The van der Waals surface area contributed by atoms with E-state index in [0.717, 1.165) is 64.2 Å². The summed E-state index contributed by atoms with van der Waals surface area (Å²) in [4.78, 5) is 34.9. The molecule has 0 fully saturated rings. The maximum absolute atomic E-state index is 12.6. The maximum atomic E-state index is 12.6.